The summed E-state index contributed by atoms with van der Waals surface area (Å²) in [6, 6.07) is 0. The molecule has 0 bridgehead atoms. The fraction of sp³-hybridized carbons (Fsp3) is 0.875. The van der Waals surface area contributed by atoms with E-state index in [2.05, 4.69) is 22.7 Å². The van der Waals surface area contributed by atoms with Crippen molar-refractivity contribution in [2.45, 2.75) is 13.3 Å². The van der Waals surface area contributed by atoms with Gasteiger partial charge in [-0.25, -0.2) is 5.01 Å². The first-order valence-electron chi connectivity index (χ1n) is 4.72. The molecule has 1 fully saturated rings. The molecule has 1 aliphatic heterocycles. The SMILES string of the molecule is CCCSC(=S)NN1CCNCC1.[H-].[Na+]. The molecular weight excluding hydrogens is 225 g/mol. The van der Waals surface area contributed by atoms with Crippen LogP contribution in [0.2, 0.25) is 0 Å². The summed E-state index contributed by atoms with van der Waals surface area (Å²) < 4.78 is 0.906. The Balaban J connectivity index is 0. The molecule has 78 valence electrons. The predicted octanol–water partition coefficient (Wildman–Crippen LogP) is -2.06. The number of piperazine rings is 1. The molecule has 1 heterocycles. The zero-order chi connectivity index (χ0) is 9.52. The van der Waals surface area contributed by atoms with Gasteiger partial charge in [-0.3, -0.25) is 0 Å². The van der Waals surface area contributed by atoms with Gasteiger partial charge in [-0.05, 0) is 6.42 Å². The molecule has 0 spiro atoms. The maximum Gasteiger partial charge on any atom is 1.00 e. The van der Waals surface area contributed by atoms with Gasteiger partial charge in [-0.15, -0.1) is 0 Å². The number of thiocarbonyl (C=S) groups is 1. The Hall–Kier alpha value is 1.16. The smallest absolute Gasteiger partial charge is 1.00 e. The number of hydrazine groups is 1. The molecule has 0 aromatic carbocycles. The minimum Gasteiger partial charge on any atom is -1.00 e. The molecular formula is C8H18N3NaS2. The summed E-state index contributed by atoms with van der Waals surface area (Å²) in [4.78, 5) is 0. The quantitative estimate of drug-likeness (QED) is 0.439. The second-order valence-corrected chi connectivity index (χ2v) is 4.76. The first-order chi connectivity index (χ1) is 6.33. The van der Waals surface area contributed by atoms with Crippen LogP contribution in [0.25, 0.3) is 0 Å². The van der Waals surface area contributed by atoms with Crippen LogP contribution in [0.1, 0.15) is 14.8 Å². The third kappa shape index (κ3) is 6.61. The molecule has 0 amide bonds. The van der Waals surface area contributed by atoms with Crippen LogP contribution >= 0.6 is 24.0 Å². The van der Waals surface area contributed by atoms with Crippen molar-refractivity contribution in [1.29, 1.82) is 0 Å². The second kappa shape index (κ2) is 9.39. The van der Waals surface area contributed by atoms with Crippen LogP contribution in [0.15, 0.2) is 0 Å². The molecule has 3 nitrogen and oxygen atoms in total. The van der Waals surface area contributed by atoms with Crippen molar-refractivity contribution >= 4 is 28.3 Å². The van der Waals surface area contributed by atoms with Crippen LogP contribution in [0, 0.1) is 0 Å². The normalized spacial score (nSPS) is 17.2. The Labute approximate surface area is 119 Å². The summed E-state index contributed by atoms with van der Waals surface area (Å²) in [5.74, 6) is 1.11. The molecule has 1 aliphatic rings. The van der Waals surface area contributed by atoms with Gasteiger partial charge >= 0.3 is 29.6 Å². The third-order valence-corrected chi connectivity index (χ3v) is 3.21. The summed E-state index contributed by atoms with van der Waals surface area (Å²) in [5, 5.41) is 5.48. The van der Waals surface area contributed by atoms with E-state index in [0.29, 0.717) is 0 Å². The van der Waals surface area contributed by atoms with Crippen LogP contribution in [0.5, 0.6) is 0 Å². The molecule has 0 aromatic rings. The topological polar surface area (TPSA) is 27.3 Å². The van der Waals surface area contributed by atoms with Crippen molar-refractivity contribution < 1.29 is 31.0 Å². The van der Waals surface area contributed by atoms with E-state index in [4.69, 9.17) is 12.2 Å². The Kier molecular flexibility index (Phi) is 10.2. The largest absolute Gasteiger partial charge is 1.00 e. The van der Waals surface area contributed by atoms with E-state index in [-0.39, 0.29) is 31.0 Å². The number of hydrogen-bond acceptors (Lipinski definition) is 4. The van der Waals surface area contributed by atoms with Crippen molar-refractivity contribution in [2.75, 3.05) is 31.9 Å². The fourth-order valence-corrected chi connectivity index (χ4v) is 2.10. The minimum atomic E-state index is 0. The first kappa shape index (κ1) is 15.2. The molecule has 0 aromatic heterocycles. The summed E-state index contributed by atoms with van der Waals surface area (Å²) in [5.41, 5.74) is 3.24. The minimum absolute atomic E-state index is 0. The van der Waals surface area contributed by atoms with Crippen molar-refractivity contribution in [3.63, 3.8) is 0 Å². The average molecular weight is 243 g/mol. The van der Waals surface area contributed by atoms with Crippen LogP contribution in [-0.4, -0.2) is 41.3 Å². The monoisotopic (exact) mass is 243 g/mol. The summed E-state index contributed by atoms with van der Waals surface area (Å²) in [6.07, 6.45) is 1.17. The van der Waals surface area contributed by atoms with Gasteiger partial charge in [0.1, 0.15) is 4.32 Å². The fourth-order valence-electron chi connectivity index (χ4n) is 1.13. The predicted molar refractivity (Wildman–Crippen MR) is 64.0 cm³/mol. The van der Waals surface area contributed by atoms with E-state index in [1.807, 2.05) is 0 Å². The summed E-state index contributed by atoms with van der Waals surface area (Å²) >= 11 is 6.92. The zero-order valence-electron chi connectivity index (χ0n) is 10.0. The van der Waals surface area contributed by atoms with Gasteiger partial charge in [0.2, 0.25) is 0 Å². The van der Waals surface area contributed by atoms with Crippen LogP contribution in [0.4, 0.5) is 0 Å². The Bertz CT molecular complexity index is 168. The molecule has 0 radical (unpaired) electrons. The van der Waals surface area contributed by atoms with Crippen LogP contribution < -0.4 is 40.3 Å². The number of nitrogens with one attached hydrogen (secondary N) is 2. The van der Waals surface area contributed by atoms with Crippen molar-refractivity contribution in [1.82, 2.24) is 15.8 Å². The van der Waals surface area contributed by atoms with Gasteiger partial charge in [-0.1, -0.05) is 30.9 Å². The maximum atomic E-state index is 5.19. The second-order valence-electron chi connectivity index (χ2n) is 2.98. The molecule has 2 N–H and O–H groups in total. The van der Waals surface area contributed by atoms with Crippen molar-refractivity contribution in [2.24, 2.45) is 0 Å². The molecule has 6 heteroatoms. The van der Waals surface area contributed by atoms with Crippen LogP contribution in [0.3, 0.4) is 0 Å². The van der Waals surface area contributed by atoms with E-state index >= 15 is 0 Å². The van der Waals surface area contributed by atoms with Crippen molar-refractivity contribution in [3.05, 3.63) is 0 Å². The molecule has 1 saturated heterocycles. The summed E-state index contributed by atoms with van der Waals surface area (Å²) in [7, 11) is 0. The summed E-state index contributed by atoms with van der Waals surface area (Å²) in [6.45, 7) is 6.34. The average Bonchev–Trinajstić information content (AvgIpc) is 2.16. The van der Waals surface area contributed by atoms with Gasteiger partial charge in [0.05, 0.1) is 0 Å². The van der Waals surface area contributed by atoms with E-state index < -0.39 is 0 Å². The van der Waals surface area contributed by atoms with Gasteiger partial charge < -0.3 is 12.2 Å². The standard InChI is InChI=1S/C8H17N3S2.Na.H/c1-2-7-13-8(12)10-11-5-3-9-4-6-11;;/h9H,2-7H2,1H3,(H,10,12);;/q;+1;-1. The molecule has 0 atom stereocenters. The van der Waals surface area contributed by atoms with E-state index in [1.54, 1.807) is 11.8 Å². The van der Waals surface area contributed by atoms with E-state index in [9.17, 15) is 0 Å². The van der Waals surface area contributed by atoms with Gasteiger partial charge in [-0.2, -0.15) is 0 Å². The van der Waals surface area contributed by atoms with E-state index in [0.717, 1.165) is 36.3 Å². The van der Waals surface area contributed by atoms with Gasteiger partial charge in [0, 0.05) is 31.9 Å². The Morgan fingerprint density at radius 3 is 2.79 bits per heavy atom. The Morgan fingerprint density at radius 2 is 2.21 bits per heavy atom. The number of nitrogens with zero attached hydrogens (tertiary/aromatic N) is 1. The molecule has 1 rings (SSSR count). The number of thioether (sulfide) groups is 1. The molecule has 0 saturated carbocycles. The number of rotatable bonds is 3. The Morgan fingerprint density at radius 1 is 1.57 bits per heavy atom. The maximum absolute atomic E-state index is 5.19. The first-order valence-corrected chi connectivity index (χ1v) is 6.11. The van der Waals surface area contributed by atoms with Crippen LogP contribution in [-0.2, 0) is 0 Å². The van der Waals surface area contributed by atoms with Gasteiger partial charge in [0.15, 0.2) is 0 Å². The zero-order valence-corrected chi connectivity index (χ0v) is 12.6. The number of hydrogen-bond donors (Lipinski definition) is 2. The van der Waals surface area contributed by atoms with Crippen molar-refractivity contribution in [3.8, 4) is 0 Å². The van der Waals surface area contributed by atoms with Gasteiger partial charge in [0.25, 0.3) is 0 Å². The molecule has 0 aliphatic carbocycles. The van der Waals surface area contributed by atoms with E-state index in [1.165, 1.54) is 6.42 Å². The molecule has 14 heavy (non-hydrogen) atoms. The molecule has 0 unspecified atom stereocenters. The third-order valence-electron chi connectivity index (χ3n) is 1.80.